The van der Waals surface area contributed by atoms with Gasteiger partial charge in [0.25, 0.3) is 0 Å². The quantitative estimate of drug-likeness (QED) is 0.764. The third kappa shape index (κ3) is 4.55. The zero-order valence-electron chi connectivity index (χ0n) is 17.3. The topological polar surface area (TPSA) is 70.7 Å². The number of amides is 2. The zero-order valence-corrected chi connectivity index (χ0v) is 17.3. The molecule has 1 aromatic rings. The Hall–Kier alpha value is -2.34. The Bertz CT molecular complexity index is 779. The number of nitrogens with one attached hydrogen (secondary N) is 2. The summed E-state index contributed by atoms with van der Waals surface area (Å²) in [6, 6.07) is 5.30. The van der Waals surface area contributed by atoms with Gasteiger partial charge in [-0.2, -0.15) is 0 Å². The van der Waals surface area contributed by atoms with Gasteiger partial charge in [-0.25, -0.2) is 9.59 Å². The molecule has 1 aromatic carbocycles. The first-order valence-corrected chi connectivity index (χ1v) is 10.2. The summed E-state index contributed by atoms with van der Waals surface area (Å²) in [5.74, 6) is 0.348. The van der Waals surface area contributed by atoms with Crippen molar-refractivity contribution in [3.63, 3.8) is 0 Å². The minimum atomic E-state index is -0.508. The van der Waals surface area contributed by atoms with Crippen LogP contribution < -0.4 is 10.6 Å². The predicted molar refractivity (Wildman–Crippen MR) is 109 cm³/mol. The lowest BCUT2D eigenvalue weighted by Gasteiger charge is -2.35. The summed E-state index contributed by atoms with van der Waals surface area (Å²) in [5, 5.41) is 5.82. The fraction of sp³-hybridized carbons (Fsp3) is 0.545. The minimum Gasteiger partial charge on any atom is -0.463 e. The lowest BCUT2D eigenvalue weighted by Crippen LogP contribution is -2.49. The van der Waals surface area contributed by atoms with E-state index in [4.69, 9.17) is 4.74 Å². The van der Waals surface area contributed by atoms with E-state index < -0.39 is 6.04 Å². The number of carbonyl (C=O) groups excluding carboxylic acids is 2. The van der Waals surface area contributed by atoms with Gasteiger partial charge < -0.3 is 15.4 Å². The Morgan fingerprint density at radius 1 is 1.25 bits per heavy atom. The molecule has 6 nitrogen and oxygen atoms in total. The number of hydrogen-bond acceptors (Lipinski definition) is 4. The van der Waals surface area contributed by atoms with E-state index in [-0.39, 0.29) is 12.0 Å². The van der Waals surface area contributed by atoms with Crippen molar-refractivity contribution in [1.82, 2.24) is 15.5 Å². The third-order valence-electron chi connectivity index (χ3n) is 5.65. The maximum absolute atomic E-state index is 12.9. The molecule has 3 rings (SSSR count). The van der Waals surface area contributed by atoms with Crippen LogP contribution in [0.25, 0.3) is 0 Å². The van der Waals surface area contributed by atoms with Gasteiger partial charge in [0.1, 0.15) is 0 Å². The Kier molecular flexibility index (Phi) is 6.39. The molecular weight excluding hydrogens is 354 g/mol. The van der Waals surface area contributed by atoms with E-state index in [0.29, 0.717) is 24.4 Å². The normalized spacial score (nSPS) is 21.3. The van der Waals surface area contributed by atoms with E-state index in [9.17, 15) is 9.59 Å². The van der Waals surface area contributed by atoms with Gasteiger partial charge in [0, 0.05) is 12.2 Å². The molecule has 2 heterocycles. The number of esters is 1. The number of nitrogens with zero attached hydrogens (tertiary/aromatic N) is 1. The summed E-state index contributed by atoms with van der Waals surface area (Å²) in [4.78, 5) is 27.7. The fourth-order valence-electron chi connectivity index (χ4n) is 3.94. The number of aryl methyl sites for hydroxylation is 2. The van der Waals surface area contributed by atoms with Gasteiger partial charge in [-0.05, 0) is 63.7 Å². The summed E-state index contributed by atoms with van der Waals surface area (Å²) >= 11 is 0. The van der Waals surface area contributed by atoms with Crippen molar-refractivity contribution in [3.05, 3.63) is 46.2 Å². The van der Waals surface area contributed by atoms with E-state index >= 15 is 0 Å². The number of rotatable bonds is 5. The summed E-state index contributed by atoms with van der Waals surface area (Å²) in [6.45, 7) is 10.9. The van der Waals surface area contributed by atoms with Crippen molar-refractivity contribution in [3.8, 4) is 0 Å². The maximum Gasteiger partial charge on any atom is 0.338 e. The Morgan fingerprint density at radius 2 is 1.96 bits per heavy atom. The summed E-state index contributed by atoms with van der Waals surface area (Å²) in [7, 11) is 0. The maximum atomic E-state index is 12.9. The Morgan fingerprint density at radius 3 is 2.64 bits per heavy atom. The van der Waals surface area contributed by atoms with E-state index in [1.54, 1.807) is 6.92 Å². The highest BCUT2D eigenvalue weighted by Crippen LogP contribution is 2.31. The Balaban J connectivity index is 2.00. The van der Waals surface area contributed by atoms with Crippen LogP contribution in [0.4, 0.5) is 4.79 Å². The van der Waals surface area contributed by atoms with Gasteiger partial charge in [-0.1, -0.05) is 30.7 Å². The number of urea groups is 1. The van der Waals surface area contributed by atoms with Crippen LogP contribution in [0.3, 0.4) is 0 Å². The van der Waals surface area contributed by atoms with Crippen LogP contribution in [0, 0.1) is 19.8 Å². The molecule has 0 bridgehead atoms. The standard InChI is InChI=1S/C22H31N3O3/c1-5-28-21(26)19-18(13-25-10-8-14(2)9-11-25)23-22(27)24-20(19)17-12-15(3)6-7-16(17)4/h6-7,12,14,20H,5,8-11,13H2,1-4H3,(H2,23,24,27)/t20-/m1/s1. The van der Waals surface area contributed by atoms with E-state index in [1.165, 1.54) is 0 Å². The second-order valence-electron chi connectivity index (χ2n) is 7.96. The molecule has 2 aliphatic rings. The molecule has 1 fully saturated rings. The molecule has 0 unspecified atom stereocenters. The molecule has 28 heavy (non-hydrogen) atoms. The fourth-order valence-corrected chi connectivity index (χ4v) is 3.94. The van der Waals surface area contributed by atoms with Crippen LogP contribution in [0.15, 0.2) is 29.5 Å². The molecule has 0 saturated carbocycles. The van der Waals surface area contributed by atoms with E-state index in [1.807, 2.05) is 32.0 Å². The Labute approximate surface area is 167 Å². The molecule has 1 saturated heterocycles. The van der Waals surface area contributed by atoms with Crippen LogP contribution in [-0.2, 0) is 9.53 Å². The van der Waals surface area contributed by atoms with Crippen LogP contribution >= 0.6 is 0 Å². The molecule has 2 aliphatic heterocycles. The molecule has 6 heteroatoms. The first kappa shape index (κ1) is 20.4. The average Bonchev–Trinajstić information content (AvgIpc) is 2.65. The lowest BCUT2D eigenvalue weighted by molar-refractivity contribution is -0.139. The number of likely N-dealkylation sites (tertiary alicyclic amines) is 1. The summed E-state index contributed by atoms with van der Waals surface area (Å²) in [6.07, 6.45) is 2.27. The highest BCUT2D eigenvalue weighted by Gasteiger charge is 2.35. The van der Waals surface area contributed by atoms with Crippen molar-refractivity contribution in [2.45, 2.75) is 46.6 Å². The first-order valence-electron chi connectivity index (χ1n) is 10.2. The van der Waals surface area contributed by atoms with Crippen molar-refractivity contribution in [1.29, 1.82) is 0 Å². The largest absolute Gasteiger partial charge is 0.463 e. The monoisotopic (exact) mass is 385 g/mol. The summed E-state index contributed by atoms with van der Waals surface area (Å²) in [5.41, 5.74) is 4.22. The van der Waals surface area contributed by atoms with E-state index in [2.05, 4.69) is 22.5 Å². The summed E-state index contributed by atoms with van der Waals surface area (Å²) < 4.78 is 5.37. The van der Waals surface area contributed by atoms with Gasteiger partial charge in [0.2, 0.25) is 0 Å². The van der Waals surface area contributed by atoms with Gasteiger partial charge in [-0.3, -0.25) is 4.90 Å². The molecule has 2 amide bonds. The van der Waals surface area contributed by atoms with Crippen LogP contribution in [-0.4, -0.2) is 43.1 Å². The molecule has 0 aromatic heterocycles. The number of ether oxygens (including phenoxy) is 1. The number of benzene rings is 1. The van der Waals surface area contributed by atoms with Crippen LogP contribution in [0.1, 0.15) is 49.4 Å². The highest BCUT2D eigenvalue weighted by molar-refractivity contribution is 5.95. The molecule has 0 aliphatic carbocycles. The molecule has 0 spiro atoms. The van der Waals surface area contributed by atoms with Gasteiger partial charge >= 0.3 is 12.0 Å². The van der Waals surface area contributed by atoms with Crippen molar-refractivity contribution in [2.75, 3.05) is 26.2 Å². The molecule has 0 radical (unpaired) electrons. The van der Waals surface area contributed by atoms with Crippen LogP contribution in [0.2, 0.25) is 0 Å². The second-order valence-corrected chi connectivity index (χ2v) is 7.96. The molecule has 1 atom stereocenters. The van der Waals surface area contributed by atoms with Crippen molar-refractivity contribution < 1.29 is 14.3 Å². The molecule has 2 N–H and O–H groups in total. The van der Waals surface area contributed by atoms with Gasteiger partial charge in [0.05, 0.1) is 18.2 Å². The average molecular weight is 386 g/mol. The number of hydrogen-bond donors (Lipinski definition) is 2. The lowest BCUT2D eigenvalue weighted by atomic mass is 9.90. The first-order chi connectivity index (χ1) is 13.4. The smallest absolute Gasteiger partial charge is 0.338 e. The minimum absolute atomic E-state index is 0.278. The van der Waals surface area contributed by atoms with Gasteiger partial charge in [-0.15, -0.1) is 0 Å². The SMILES string of the molecule is CCOC(=O)C1=C(CN2CCC(C)CC2)NC(=O)N[C@@H]1c1cc(C)ccc1C. The van der Waals surface area contributed by atoms with Gasteiger partial charge in [0.15, 0.2) is 0 Å². The number of piperidine rings is 1. The predicted octanol–water partition coefficient (Wildman–Crippen LogP) is 3.21. The van der Waals surface area contributed by atoms with Crippen molar-refractivity contribution >= 4 is 12.0 Å². The van der Waals surface area contributed by atoms with Crippen molar-refractivity contribution in [2.24, 2.45) is 5.92 Å². The van der Waals surface area contributed by atoms with Crippen LogP contribution in [0.5, 0.6) is 0 Å². The highest BCUT2D eigenvalue weighted by atomic mass is 16.5. The number of carbonyl (C=O) groups is 2. The molecular formula is C22H31N3O3. The van der Waals surface area contributed by atoms with E-state index in [0.717, 1.165) is 48.5 Å². The zero-order chi connectivity index (χ0) is 20.3. The third-order valence-corrected chi connectivity index (χ3v) is 5.65. The second kappa shape index (κ2) is 8.78. The molecule has 152 valence electrons.